The van der Waals surface area contributed by atoms with Gasteiger partial charge in [-0.25, -0.2) is 21.9 Å². The number of hydrogen-bond acceptors (Lipinski definition) is 4. The molecule has 1 aromatic rings. The first-order chi connectivity index (χ1) is 8.24. The standard InChI is InChI=1S/C8H7BrF2N2O4S/c9-5-1-2-6(13(14)15)7(3-5)18(16,17)12-4-8(10)11/h1-3,8,12H,4H2. The molecule has 1 aromatic carbocycles. The van der Waals surface area contributed by atoms with Crippen molar-refractivity contribution in [3.63, 3.8) is 0 Å². The SMILES string of the molecule is O=[N+]([O-])c1ccc(Br)cc1S(=O)(=O)NCC(F)F. The van der Waals surface area contributed by atoms with Crippen LogP contribution in [0.1, 0.15) is 0 Å². The van der Waals surface area contributed by atoms with Gasteiger partial charge in [0.2, 0.25) is 10.0 Å². The van der Waals surface area contributed by atoms with Crippen molar-refractivity contribution in [2.75, 3.05) is 6.54 Å². The molecule has 0 bridgehead atoms. The summed E-state index contributed by atoms with van der Waals surface area (Å²) in [6.45, 7) is -1.11. The van der Waals surface area contributed by atoms with Crippen molar-refractivity contribution >= 4 is 31.6 Å². The number of benzene rings is 1. The summed E-state index contributed by atoms with van der Waals surface area (Å²) in [5, 5.41) is 10.7. The Balaban J connectivity index is 3.22. The Morgan fingerprint density at radius 1 is 1.44 bits per heavy atom. The second-order valence-corrected chi connectivity index (χ2v) is 5.76. The maximum absolute atomic E-state index is 11.9. The number of alkyl halides is 2. The summed E-state index contributed by atoms with van der Waals surface area (Å²) in [6.07, 6.45) is -2.88. The summed E-state index contributed by atoms with van der Waals surface area (Å²) in [6, 6.07) is 3.23. The summed E-state index contributed by atoms with van der Waals surface area (Å²) in [4.78, 5) is 9.10. The van der Waals surface area contributed by atoms with Crippen LogP contribution < -0.4 is 4.72 Å². The maximum atomic E-state index is 11.9. The lowest BCUT2D eigenvalue weighted by atomic mass is 10.3. The first kappa shape index (κ1) is 14.9. The largest absolute Gasteiger partial charge is 0.289 e. The average Bonchev–Trinajstić information content (AvgIpc) is 2.26. The average molecular weight is 345 g/mol. The summed E-state index contributed by atoms with van der Waals surface area (Å²) >= 11 is 2.95. The van der Waals surface area contributed by atoms with E-state index in [0.717, 1.165) is 12.1 Å². The van der Waals surface area contributed by atoms with Gasteiger partial charge in [-0.15, -0.1) is 0 Å². The summed E-state index contributed by atoms with van der Waals surface area (Å²) < 4.78 is 49.1. The van der Waals surface area contributed by atoms with Gasteiger partial charge in [0, 0.05) is 10.5 Å². The van der Waals surface area contributed by atoms with Crippen molar-refractivity contribution in [1.29, 1.82) is 0 Å². The van der Waals surface area contributed by atoms with Crippen LogP contribution in [0, 0.1) is 10.1 Å². The molecule has 0 atom stereocenters. The summed E-state index contributed by atoms with van der Waals surface area (Å²) in [7, 11) is -4.36. The van der Waals surface area contributed by atoms with Crippen LogP contribution >= 0.6 is 15.9 Å². The molecule has 1 N–H and O–H groups in total. The van der Waals surface area contributed by atoms with Crippen LogP contribution in [0.5, 0.6) is 0 Å². The Bertz CT molecular complexity index is 564. The van der Waals surface area contributed by atoms with Crippen LogP contribution in [0.3, 0.4) is 0 Å². The Morgan fingerprint density at radius 3 is 2.56 bits per heavy atom. The molecule has 0 aliphatic heterocycles. The lowest BCUT2D eigenvalue weighted by molar-refractivity contribution is -0.387. The smallest absolute Gasteiger partial charge is 0.258 e. The molecule has 18 heavy (non-hydrogen) atoms. The lowest BCUT2D eigenvalue weighted by Gasteiger charge is -2.07. The molecule has 0 unspecified atom stereocenters. The van der Waals surface area contributed by atoms with Crippen LogP contribution in [-0.4, -0.2) is 26.3 Å². The quantitative estimate of drug-likeness (QED) is 0.652. The van der Waals surface area contributed by atoms with Crippen LogP contribution in [0.25, 0.3) is 0 Å². The van der Waals surface area contributed by atoms with Crippen LogP contribution in [0.2, 0.25) is 0 Å². The number of nitrogens with zero attached hydrogens (tertiary/aromatic N) is 1. The molecule has 0 heterocycles. The molecule has 0 aliphatic carbocycles. The highest BCUT2D eigenvalue weighted by Crippen LogP contribution is 2.27. The maximum Gasteiger partial charge on any atom is 0.289 e. The lowest BCUT2D eigenvalue weighted by Crippen LogP contribution is -2.29. The molecule has 0 aliphatic rings. The van der Waals surface area contributed by atoms with E-state index in [4.69, 9.17) is 0 Å². The topological polar surface area (TPSA) is 89.3 Å². The molecule has 100 valence electrons. The molecule has 0 aromatic heterocycles. The van der Waals surface area contributed by atoms with Crippen LogP contribution in [0.15, 0.2) is 27.6 Å². The highest BCUT2D eigenvalue weighted by Gasteiger charge is 2.26. The van der Waals surface area contributed by atoms with Crippen molar-refractivity contribution in [2.24, 2.45) is 0 Å². The first-order valence-electron chi connectivity index (χ1n) is 4.46. The van der Waals surface area contributed by atoms with E-state index in [0.29, 0.717) is 0 Å². The molecule has 10 heteroatoms. The normalized spacial score (nSPS) is 11.8. The van der Waals surface area contributed by atoms with Gasteiger partial charge >= 0.3 is 0 Å². The van der Waals surface area contributed by atoms with Gasteiger partial charge in [-0.05, 0) is 12.1 Å². The molecule has 0 fully saturated rings. The number of nitrogens with one attached hydrogen (secondary N) is 1. The Hall–Kier alpha value is -1.13. The van der Waals surface area contributed by atoms with Gasteiger partial charge in [0.1, 0.15) is 0 Å². The van der Waals surface area contributed by atoms with E-state index in [9.17, 15) is 27.3 Å². The molecular formula is C8H7BrF2N2O4S. The van der Waals surface area contributed by atoms with E-state index in [1.807, 2.05) is 0 Å². The van der Waals surface area contributed by atoms with E-state index < -0.39 is 38.5 Å². The van der Waals surface area contributed by atoms with Gasteiger partial charge < -0.3 is 0 Å². The molecule has 1 rings (SSSR count). The molecule has 0 saturated heterocycles. The number of sulfonamides is 1. The minimum Gasteiger partial charge on any atom is -0.258 e. The van der Waals surface area contributed by atoms with E-state index in [1.165, 1.54) is 6.07 Å². The Kier molecular flexibility index (Phi) is 4.71. The highest BCUT2D eigenvalue weighted by molar-refractivity contribution is 9.10. The van der Waals surface area contributed by atoms with Gasteiger partial charge in [0.15, 0.2) is 4.90 Å². The third-order valence-corrected chi connectivity index (χ3v) is 3.78. The summed E-state index contributed by atoms with van der Waals surface area (Å²) in [5.74, 6) is 0. The highest BCUT2D eigenvalue weighted by atomic mass is 79.9. The van der Waals surface area contributed by atoms with Crippen molar-refractivity contribution in [2.45, 2.75) is 11.3 Å². The van der Waals surface area contributed by atoms with Crippen molar-refractivity contribution in [3.8, 4) is 0 Å². The second kappa shape index (κ2) is 5.67. The third kappa shape index (κ3) is 3.68. The minimum atomic E-state index is -4.36. The Labute approximate surface area is 109 Å². The fourth-order valence-electron chi connectivity index (χ4n) is 1.10. The first-order valence-corrected chi connectivity index (χ1v) is 6.73. The molecule has 0 saturated carbocycles. The van der Waals surface area contributed by atoms with Gasteiger partial charge in [0.05, 0.1) is 11.5 Å². The molecular weight excluding hydrogens is 338 g/mol. The van der Waals surface area contributed by atoms with Crippen molar-refractivity contribution in [1.82, 2.24) is 4.72 Å². The number of hydrogen-bond donors (Lipinski definition) is 1. The van der Waals surface area contributed by atoms with E-state index in [2.05, 4.69) is 15.9 Å². The van der Waals surface area contributed by atoms with E-state index in [-0.39, 0.29) is 4.47 Å². The Morgan fingerprint density at radius 2 is 2.06 bits per heavy atom. The van der Waals surface area contributed by atoms with Gasteiger partial charge in [-0.3, -0.25) is 10.1 Å². The third-order valence-electron chi connectivity index (χ3n) is 1.84. The number of nitro groups is 1. The monoisotopic (exact) mass is 344 g/mol. The minimum absolute atomic E-state index is 0.283. The molecule has 0 amide bonds. The number of rotatable bonds is 5. The molecule has 0 radical (unpaired) electrons. The van der Waals surface area contributed by atoms with Crippen molar-refractivity contribution < 1.29 is 22.1 Å². The number of halogens is 3. The zero-order valence-corrected chi connectivity index (χ0v) is 11.0. The predicted molar refractivity (Wildman–Crippen MR) is 62.0 cm³/mol. The molecule has 6 nitrogen and oxygen atoms in total. The second-order valence-electron chi connectivity index (χ2n) is 3.11. The summed E-state index contributed by atoms with van der Waals surface area (Å²) in [5.41, 5.74) is -0.681. The predicted octanol–water partition coefficient (Wildman–Crippen LogP) is 1.90. The van der Waals surface area contributed by atoms with E-state index in [1.54, 1.807) is 4.72 Å². The van der Waals surface area contributed by atoms with Gasteiger partial charge in [-0.1, -0.05) is 15.9 Å². The molecule has 0 spiro atoms. The van der Waals surface area contributed by atoms with Crippen LogP contribution in [0.4, 0.5) is 14.5 Å². The fourth-order valence-corrected chi connectivity index (χ4v) is 2.82. The van der Waals surface area contributed by atoms with E-state index >= 15 is 0 Å². The zero-order valence-electron chi connectivity index (χ0n) is 8.64. The zero-order chi connectivity index (χ0) is 13.9. The fraction of sp³-hybridized carbons (Fsp3) is 0.250. The van der Waals surface area contributed by atoms with Crippen molar-refractivity contribution in [3.05, 3.63) is 32.8 Å². The van der Waals surface area contributed by atoms with Crippen LogP contribution in [-0.2, 0) is 10.0 Å². The van der Waals surface area contributed by atoms with Gasteiger partial charge in [-0.2, -0.15) is 0 Å². The number of nitro benzene ring substituents is 1. The van der Waals surface area contributed by atoms with Gasteiger partial charge in [0.25, 0.3) is 12.1 Å².